The van der Waals surface area contributed by atoms with Gasteiger partial charge in [0.25, 0.3) is 0 Å². The third kappa shape index (κ3) is 4.39. The average molecular weight is 225 g/mol. The van der Waals surface area contributed by atoms with E-state index in [0.29, 0.717) is 13.1 Å². The van der Waals surface area contributed by atoms with Crippen LogP contribution in [-0.2, 0) is 18.4 Å². The Morgan fingerprint density at radius 2 is 2.19 bits per heavy atom. The molecule has 0 spiro atoms. The van der Waals surface area contributed by atoms with E-state index in [4.69, 9.17) is 0 Å². The largest absolute Gasteiger partial charge is 0.348 e. The zero-order valence-electron chi connectivity index (χ0n) is 10.2. The molecule has 0 aliphatic heterocycles. The van der Waals surface area contributed by atoms with Crippen LogP contribution in [0.2, 0.25) is 0 Å². The molecule has 16 heavy (non-hydrogen) atoms. The summed E-state index contributed by atoms with van der Waals surface area (Å²) < 4.78 is 1.78. The summed E-state index contributed by atoms with van der Waals surface area (Å²) in [5.74, 6) is 0.696. The maximum Gasteiger partial charge on any atom is 0.234 e. The van der Waals surface area contributed by atoms with Gasteiger partial charge in [-0.1, -0.05) is 0 Å². The van der Waals surface area contributed by atoms with Gasteiger partial charge in [-0.25, -0.2) is 0 Å². The Kier molecular flexibility index (Phi) is 4.00. The zero-order valence-corrected chi connectivity index (χ0v) is 10.2. The van der Waals surface area contributed by atoms with Crippen molar-refractivity contribution in [3.8, 4) is 0 Å². The van der Waals surface area contributed by atoms with E-state index in [-0.39, 0.29) is 11.4 Å². The lowest BCUT2D eigenvalue weighted by molar-refractivity contribution is -0.120. The number of hydrogen-bond acceptors (Lipinski definition) is 4. The molecular weight excluding hydrogens is 206 g/mol. The zero-order chi connectivity index (χ0) is 12.2. The fourth-order valence-corrected chi connectivity index (χ4v) is 1.05. The number of nitrogens with zero attached hydrogens (tertiary/aromatic N) is 3. The van der Waals surface area contributed by atoms with Crippen molar-refractivity contribution in [2.45, 2.75) is 32.9 Å². The highest BCUT2D eigenvalue weighted by Gasteiger charge is 2.11. The summed E-state index contributed by atoms with van der Waals surface area (Å²) in [6.07, 6.45) is 1.61. The number of aromatic nitrogens is 3. The molecule has 0 aliphatic carbocycles. The quantitative estimate of drug-likeness (QED) is 0.745. The first-order valence-corrected chi connectivity index (χ1v) is 5.23. The summed E-state index contributed by atoms with van der Waals surface area (Å²) in [6, 6.07) is 0. The molecule has 0 saturated carbocycles. The number of hydrogen-bond donors (Lipinski definition) is 2. The molecule has 1 heterocycles. The Morgan fingerprint density at radius 1 is 1.50 bits per heavy atom. The van der Waals surface area contributed by atoms with Gasteiger partial charge in [-0.2, -0.15) is 0 Å². The van der Waals surface area contributed by atoms with Gasteiger partial charge in [0, 0.05) is 12.6 Å². The normalized spacial score (nSPS) is 11.5. The van der Waals surface area contributed by atoms with Gasteiger partial charge in [0.2, 0.25) is 5.91 Å². The van der Waals surface area contributed by atoms with Crippen LogP contribution in [0.5, 0.6) is 0 Å². The van der Waals surface area contributed by atoms with E-state index in [0.717, 1.165) is 5.82 Å². The second kappa shape index (κ2) is 5.07. The number of amides is 1. The standard InChI is InChI=1S/C10H19N5O/c1-10(2,3)12-6-9(16)11-5-8-14-13-7-15(8)4/h7,12H,5-6H2,1-4H3,(H,11,16). The van der Waals surface area contributed by atoms with Gasteiger partial charge in [0.05, 0.1) is 13.1 Å². The fraction of sp³-hybridized carbons (Fsp3) is 0.700. The maximum atomic E-state index is 11.5. The summed E-state index contributed by atoms with van der Waals surface area (Å²) in [6.45, 7) is 6.76. The molecule has 6 heteroatoms. The summed E-state index contributed by atoms with van der Waals surface area (Å²) in [5.41, 5.74) is -0.0535. The lowest BCUT2D eigenvalue weighted by atomic mass is 10.1. The van der Waals surface area contributed by atoms with Gasteiger partial charge in [-0.15, -0.1) is 10.2 Å². The van der Waals surface area contributed by atoms with Gasteiger partial charge in [-0.3, -0.25) is 4.79 Å². The van der Waals surface area contributed by atoms with E-state index >= 15 is 0 Å². The van der Waals surface area contributed by atoms with Crippen LogP contribution in [0.25, 0.3) is 0 Å². The molecule has 1 aromatic rings. The van der Waals surface area contributed by atoms with Gasteiger partial charge < -0.3 is 15.2 Å². The van der Waals surface area contributed by atoms with Crippen LogP contribution in [0.3, 0.4) is 0 Å². The second-order valence-electron chi connectivity index (χ2n) is 4.74. The fourth-order valence-electron chi connectivity index (χ4n) is 1.05. The monoisotopic (exact) mass is 225 g/mol. The molecule has 0 aliphatic rings. The van der Waals surface area contributed by atoms with Crippen molar-refractivity contribution >= 4 is 5.91 Å². The summed E-state index contributed by atoms with van der Waals surface area (Å²) in [5, 5.41) is 13.5. The smallest absolute Gasteiger partial charge is 0.234 e. The number of carbonyl (C=O) groups excluding carboxylic acids is 1. The molecule has 1 rings (SSSR count). The highest BCUT2D eigenvalue weighted by Crippen LogP contribution is 1.96. The molecule has 0 bridgehead atoms. The van der Waals surface area contributed by atoms with Gasteiger partial charge in [-0.05, 0) is 20.8 Å². The van der Waals surface area contributed by atoms with Crippen LogP contribution < -0.4 is 10.6 Å². The van der Waals surface area contributed by atoms with Gasteiger partial charge >= 0.3 is 0 Å². The number of nitrogens with one attached hydrogen (secondary N) is 2. The van der Waals surface area contributed by atoms with Crippen LogP contribution in [0.4, 0.5) is 0 Å². The number of rotatable bonds is 4. The highest BCUT2D eigenvalue weighted by molar-refractivity contribution is 5.77. The minimum atomic E-state index is -0.0535. The van der Waals surface area contributed by atoms with Crippen molar-refractivity contribution in [3.63, 3.8) is 0 Å². The Labute approximate surface area is 95.4 Å². The molecule has 0 atom stereocenters. The summed E-state index contributed by atoms with van der Waals surface area (Å²) in [4.78, 5) is 11.5. The number of carbonyl (C=O) groups is 1. The van der Waals surface area contributed by atoms with Crippen molar-refractivity contribution in [2.24, 2.45) is 7.05 Å². The lowest BCUT2D eigenvalue weighted by Crippen LogP contribution is -2.43. The van der Waals surface area contributed by atoms with Gasteiger partial charge in [0.15, 0.2) is 5.82 Å². The Balaban J connectivity index is 2.29. The van der Waals surface area contributed by atoms with Crippen molar-refractivity contribution < 1.29 is 4.79 Å². The topological polar surface area (TPSA) is 71.8 Å². The minimum Gasteiger partial charge on any atom is -0.348 e. The van der Waals surface area contributed by atoms with E-state index in [1.165, 1.54) is 0 Å². The van der Waals surface area contributed by atoms with Crippen molar-refractivity contribution in [2.75, 3.05) is 6.54 Å². The first kappa shape index (κ1) is 12.6. The van der Waals surface area contributed by atoms with Crippen LogP contribution in [0.1, 0.15) is 26.6 Å². The minimum absolute atomic E-state index is 0.0436. The van der Waals surface area contributed by atoms with Crippen LogP contribution in [0.15, 0.2) is 6.33 Å². The Hall–Kier alpha value is -1.43. The summed E-state index contributed by atoms with van der Waals surface area (Å²) in [7, 11) is 1.84. The second-order valence-corrected chi connectivity index (χ2v) is 4.74. The van der Waals surface area contributed by atoms with Crippen LogP contribution in [0, 0.1) is 0 Å². The molecule has 0 saturated heterocycles. The predicted octanol–water partition coefficient (Wildman–Crippen LogP) is -0.181. The molecule has 2 N–H and O–H groups in total. The van der Waals surface area contributed by atoms with E-state index < -0.39 is 0 Å². The predicted molar refractivity (Wildman–Crippen MR) is 60.6 cm³/mol. The van der Waals surface area contributed by atoms with E-state index in [9.17, 15) is 4.79 Å². The maximum absolute atomic E-state index is 11.5. The molecule has 1 aromatic heterocycles. The van der Waals surface area contributed by atoms with Crippen molar-refractivity contribution in [1.82, 2.24) is 25.4 Å². The molecule has 6 nitrogen and oxygen atoms in total. The third-order valence-electron chi connectivity index (χ3n) is 2.03. The molecule has 0 aromatic carbocycles. The lowest BCUT2D eigenvalue weighted by Gasteiger charge is -2.19. The average Bonchev–Trinajstić information content (AvgIpc) is 2.57. The van der Waals surface area contributed by atoms with E-state index in [1.807, 2.05) is 27.8 Å². The van der Waals surface area contributed by atoms with Crippen molar-refractivity contribution in [3.05, 3.63) is 12.2 Å². The van der Waals surface area contributed by atoms with Crippen molar-refractivity contribution in [1.29, 1.82) is 0 Å². The molecular formula is C10H19N5O. The Morgan fingerprint density at radius 3 is 2.69 bits per heavy atom. The van der Waals surface area contributed by atoms with E-state index in [2.05, 4.69) is 20.8 Å². The molecule has 1 amide bonds. The van der Waals surface area contributed by atoms with E-state index in [1.54, 1.807) is 10.9 Å². The summed E-state index contributed by atoms with van der Waals surface area (Å²) >= 11 is 0. The van der Waals surface area contributed by atoms with Crippen LogP contribution >= 0.6 is 0 Å². The first-order valence-electron chi connectivity index (χ1n) is 5.23. The molecule has 0 fully saturated rings. The Bertz CT molecular complexity index is 352. The third-order valence-corrected chi connectivity index (χ3v) is 2.03. The molecule has 90 valence electrons. The SMILES string of the molecule is Cn1cnnc1CNC(=O)CNC(C)(C)C. The highest BCUT2D eigenvalue weighted by atomic mass is 16.1. The molecule has 0 radical (unpaired) electrons. The van der Waals surface area contributed by atoms with Gasteiger partial charge in [0.1, 0.15) is 6.33 Å². The first-order chi connectivity index (χ1) is 7.38. The number of aryl methyl sites for hydroxylation is 1. The van der Waals surface area contributed by atoms with Crippen LogP contribution in [-0.4, -0.2) is 32.8 Å². The molecule has 0 unspecified atom stereocenters.